The van der Waals surface area contributed by atoms with Crippen molar-refractivity contribution >= 4 is 17.3 Å². The van der Waals surface area contributed by atoms with Crippen LogP contribution in [0.5, 0.6) is 0 Å². The molecule has 6 rings (SSSR count). The number of ketones is 2. The molecule has 0 radical (unpaired) electrons. The standard InChI is InChI=1S/C36H42FNO6/c1-22-18-32-35(31(42)21-39,17-15-30(41)36(37)29(22)13-12-26-20-28(40)14-16-34(26,36)2)44-33(43-32)25-10-8-23(9-11-25)6-7-24-4-3-5-27(38)19-24/h3-5,8-11,14,16,19-20,22,29-30,32-33,39,41H,6-7,12-13,15,17-18,21,38H2,1-2H3/t22-,29-,30-,32+,33-,34-,35+,36-/m0/s1. The third-order valence-corrected chi connectivity index (χ3v) is 10.8. The van der Waals surface area contributed by atoms with Crippen LogP contribution in [0.25, 0.3) is 0 Å². The molecule has 1 aliphatic heterocycles. The molecule has 0 aromatic heterocycles. The molecular weight excluding hydrogens is 561 g/mol. The largest absolute Gasteiger partial charge is 0.399 e. The average Bonchev–Trinajstić information content (AvgIpc) is 3.39. The van der Waals surface area contributed by atoms with Crippen LogP contribution in [0, 0.1) is 17.3 Å². The van der Waals surface area contributed by atoms with Crippen LogP contribution in [0.1, 0.15) is 68.9 Å². The van der Waals surface area contributed by atoms with E-state index < -0.39 is 53.5 Å². The van der Waals surface area contributed by atoms with Crippen molar-refractivity contribution in [2.45, 2.75) is 88.6 Å². The van der Waals surface area contributed by atoms with Crippen LogP contribution >= 0.6 is 0 Å². The number of allylic oxidation sites excluding steroid dienone is 4. The Kier molecular flexibility index (Phi) is 8.16. The molecule has 0 unspecified atom stereocenters. The van der Waals surface area contributed by atoms with Gasteiger partial charge in [-0.05, 0) is 99.1 Å². The SMILES string of the molecule is C[C@H]1C[C@H]2O[C@H](c3ccc(CCc4cccc(N)c4)cc3)O[C@@]2(C(=O)CO)CC[C@H](O)[C@@]2(F)[C@H]1CCC1=CC(=O)C=C[C@@]12C. The fourth-order valence-electron chi connectivity index (χ4n) is 8.26. The summed E-state index contributed by atoms with van der Waals surface area (Å²) >= 11 is 0. The number of nitrogen functional groups attached to an aromatic ring is 1. The molecule has 0 bridgehead atoms. The number of alkyl halides is 1. The van der Waals surface area contributed by atoms with Gasteiger partial charge in [0.05, 0.1) is 12.2 Å². The van der Waals surface area contributed by atoms with E-state index in [9.17, 15) is 19.8 Å². The quantitative estimate of drug-likeness (QED) is 0.392. The Morgan fingerprint density at radius 3 is 2.59 bits per heavy atom. The lowest BCUT2D eigenvalue weighted by atomic mass is 9.52. The minimum absolute atomic E-state index is 0.00407. The second kappa shape index (κ2) is 11.6. The molecule has 0 amide bonds. The third kappa shape index (κ3) is 5.06. The van der Waals surface area contributed by atoms with Crippen molar-refractivity contribution < 1.29 is 33.7 Å². The summed E-state index contributed by atoms with van der Waals surface area (Å²) in [5.41, 5.74) is 5.65. The Labute approximate surface area is 257 Å². The van der Waals surface area contributed by atoms with Gasteiger partial charge in [0.25, 0.3) is 0 Å². The summed E-state index contributed by atoms with van der Waals surface area (Å²) in [5, 5.41) is 21.7. The lowest BCUT2D eigenvalue weighted by Crippen LogP contribution is -2.60. The number of halogens is 1. The van der Waals surface area contributed by atoms with E-state index in [0.717, 1.165) is 35.2 Å². The van der Waals surface area contributed by atoms with Crippen molar-refractivity contribution in [3.8, 4) is 0 Å². The molecule has 1 heterocycles. The van der Waals surface area contributed by atoms with Gasteiger partial charge in [0.2, 0.25) is 0 Å². The van der Waals surface area contributed by atoms with E-state index >= 15 is 4.39 Å². The van der Waals surface area contributed by atoms with Crippen molar-refractivity contribution in [3.05, 3.63) is 89.0 Å². The molecule has 234 valence electrons. The summed E-state index contributed by atoms with van der Waals surface area (Å²) in [6.07, 6.45) is 4.45. The van der Waals surface area contributed by atoms with E-state index in [2.05, 4.69) is 6.07 Å². The Morgan fingerprint density at radius 1 is 1.11 bits per heavy atom. The first kappa shape index (κ1) is 30.8. The zero-order valence-electron chi connectivity index (χ0n) is 25.4. The molecule has 3 aliphatic carbocycles. The molecule has 7 nitrogen and oxygen atoms in total. The van der Waals surface area contributed by atoms with Gasteiger partial charge in [-0.2, -0.15) is 0 Å². The van der Waals surface area contributed by atoms with Gasteiger partial charge in [0, 0.05) is 16.7 Å². The lowest BCUT2D eigenvalue weighted by Gasteiger charge is -2.55. The number of ether oxygens (including phenoxy) is 2. The van der Waals surface area contributed by atoms with Gasteiger partial charge >= 0.3 is 0 Å². The van der Waals surface area contributed by atoms with Crippen molar-refractivity contribution in [2.75, 3.05) is 12.3 Å². The Bertz CT molecular complexity index is 1490. The van der Waals surface area contributed by atoms with Gasteiger partial charge in [-0.25, -0.2) is 4.39 Å². The fraction of sp³-hybridized carbons (Fsp3) is 0.500. The second-order valence-electron chi connectivity index (χ2n) is 13.3. The zero-order valence-corrected chi connectivity index (χ0v) is 25.4. The minimum Gasteiger partial charge on any atom is -0.399 e. The van der Waals surface area contributed by atoms with Gasteiger partial charge in [0.15, 0.2) is 29.1 Å². The Morgan fingerprint density at radius 2 is 1.86 bits per heavy atom. The molecule has 8 heteroatoms. The highest BCUT2D eigenvalue weighted by atomic mass is 19.1. The van der Waals surface area contributed by atoms with Crippen LogP contribution in [0.15, 0.2) is 72.3 Å². The van der Waals surface area contributed by atoms with Crippen molar-refractivity contribution in [3.63, 3.8) is 0 Å². The van der Waals surface area contributed by atoms with Gasteiger partial charge in [-0.3, -0.25) is 9.59 Å². The summed E-state index contributed by atoms with van der Waals surface area (Å²) in [4.78, 5) is 25.6. The Hall–Kier alpha value is -3.17. The summed E-state index contributed by atoms with van der Waals surface area (Å²) < 4.78 is 30.5. The van der Waals surface area contributed by atoms with E-state index in [1.165, 1.54) is 12.2 Å². The predicted molar refractivity (Wildman–Crippen MR) is 164 cm³/mol. The number of carbonyl (C=O) groups is 2. The monoisotopic (exact) mass is 603 g/mol. The summed E-state index contributed by atoms with van der Waals surface area (Å²) in [6.45, 7) is 2.95. The number of benzene rings is 2. The number of aliphatic hydroxyl groups excluding tert-OH is 2. The number of anilines is 1. The molecule has 2 saturated carbocycles. The smallest absolute Gasteiger partial charge is 0.192 e. The summed E-state index contributed by atoms with van der Waals surface area (Å²) in [6, 6.07) is 15.7. The highest BCUT2D eigenvalue weighted by Gasteiger charge is 2.65. The van der Waals surface area contributed by atoms with Gasteiger partial charge in [-0.15, -0.1) is 0 Å². The van der Waals surface area contributed by atoms with Crippen LogP contribution in [-0.2, 0) is 31.9 Å². The van der Waals surface area contributed by atoms with Crippen molar-refractivity contribution in [2.24, 2.45) is 17.3 Å². The molecule has 3 fully saturated rings. The molecule has 2 aromatic carbocycles. The first-order valence-electron chi connectivity index (χ1n) is 15.7. The molecular formula is C36H42FNO6. The molecule has 8 atom stereocenters. The first-order chi connectivity index (χ1) is 21.0. The van der Waals surface area contributed by atoms with Crippen molar-refractivity contribution in [1.29, 1.82) is 0 Å². The number of aliphatic hydroxyl groups is 2. The van der Waals surface area contributed by atoms with Gasteiger partial charge < -0.3 is 25.4 Å². The van der Waals surface area contributed by atoms with Crippen molar-refractivity contribution in [1.82, 2.24) is 0 Å². The number of rotatable bonds is 6. The van der Waals surface area contributed by atoms with Crippen LogP contribution in [0.3, 0.4) is 0 Å². The average molecular weight is 604 g/mol. The van der Waals surface area contributed by atoms with E-state index in [-0.39, 0.29) is 24.5 Å². The van der Waals surface area contributed by atoms with Crippen LogP contribution < -0.4 is 5.73 Å². The molecule has 2 aromatic rings. The molecule has 0 spiro atoms. The number of aryl methyl sites for hydroxylation is 2. The first-order valence-corrected chi connectivity index (χ1v) is 15.7. The van der Waals surface area contributed by atoms with Crippen LogP contribution in [-0.4, -0.2) is 51.9 Å². The number of hydrogen-bond acceptors (Lipinski definition) is 7. The third-order valence-electron chi connectivity index (χ3n) is 10.8. The maximum atomic E-state index is 17.6. The number of hydrogen-bond donors (Lipinski definition) is 3. The van der Waals surface area contributed by atoms with E-state index in [4.69, 9.17) is 15.2 Å². The second-order valence-corrected chi connectivity index (χ2v) is 13.3. The fourth-order valence-corrected chi connectivity index (χ4v) is 8.26. The molecule has 1 saturated heterocycles. The minimum atomic E-state index is -2.06. The number of carbonyl (C=O) groups excluding carboxylic acids is 2. The topological polar surface area (TPSA) is 119 Å². The van der Waals surface area contributed by atoms with E-state index in [0.29, 0.717) is 24.8 Å². The molecule has 4 aliphatic rings. The van der Waals surface area contributed by atoms with Gasteiger partial charge in [0.1, 0.15) is 6.61 Å². The Balaban J connectivity index is 1.25. The molecule has 4 N–H and O–H groups in total. The maximum absolute atomic E-state index is 17.6. The number of Topliss-reactive ketones (excluding diaryl/α,β-unsaturated/α-hetero) is 1. The summed E-state index contributed by atoms with van der Waals surface area (Å²) in [5.74, 6) is -1.53. The molecule has 44 heavy (non-hydrogen) atoms. The maximum Gasteiger partial charge on any atom is 0.192 e. The highest BCUT2D eigenvalue weighted by molar-refractivity contribution is 6.01. The van der Waals surface area contributed by atoms with Crippen LogP contribution in [0.4, 0.5) is 10.1 Å². The number of fused-ring (bicyclic) bond motifs is 4. The van der Waals surface area contributed by atoms with E-state index in [1.54, 1.807) is 13.0 Å². The predicted octanol–water partition coefficient (Wildman–Crippen LogP) is 5.14. The summed E-state index contributed by atoms with van der Waals surface area (Å²) in [7, 11) is 0. The number of nitrogens with two attached hydrogens (primary N) is 1. The van der Waals surface area contributed by atoms with Crippen LogP contribution in [0.2, 0.25) is 0 Å². The van der Waals surface area contributed by atoms with E-state index in [1.807, 2.05) is 49.4 Å². The normalized spacial score (nSPS) is 36.7. The zero-order chi connectivity index (χ0) is 31.3. The highest BCUT2D eigenvalue weighted by Crippen LogP contribution is 2.61. The lowest BCUT2D eigenvalue weighted by molar-refractivity contribution is -0.156. The van der Waals surface area contributed by atoms with Gasteiger partial charge in [-0.1, -0.05) is 55.0 Å².